The van der Waals surface area contributed by atoms with Crippen LogP contribution >= 0.6 is 11.6 Å². The lowest BCUT2D eigenvalue weighted by Crippen LogP contribution is -2.40. The summed E-state index contributed by atoms with van der Waals surface area (Å²) < 4.78 is 0. The monoisotopic (exact) mass is 363 g/mol. The Labute approximate surface area is 160 Å². The predicted molar refractivity (Wildman–Crippen MR) is 107 cm³/mol. The zero-order chi connectivity index (χ0) is 18.2. The molecule has 3 aromatic rings. The van der Waals surface area contributed by atoms with Gasteiger partial charge in [0.25, 0.3) is 0 Å². The van der Waals surface area contributed by atoms with Crippen LogP contribution in [0.15, 0.2) is 91.0 Å². The fourth-order valence-electron chi connectivity index (χ4n) is 3.10. The first kappa shape index (κ1) is 18.4. The maximum absolute atomic E-state index is 12.3. The zero-order valence-electron chi connectivity index (χ0n) is 14.6. The number of hydrogen-bond donors (Lipinski definition) is 0. The molecule has 0 N–H and O–H groups in total. The molecule has 3 aromatic carbocycles. The number of rotatable bonds is 8. The van der Waals surface area contributed by atoms with Gasteiger partial charge in [-0.15, -0.1) is 0 Å². The highest BCUT2D eigenvalue weighted by Crippen LogP contribution is 2.18. The van der Waals surface area contributed by atoms with Crippen molar-refractivity contribution in [3.05, 3.63) is 108 Å². The molecule has 0 fully saturated rings. The first-order chi connectivity index (χ1) is 12.7. The SMILES string of the molecule is O=C(Cl)[C@H](Cc1ccccc1)N(Cc1ccccc1)Cc1ccccc1. The van der Waals surface area contributed by atoms with Gasteiger partial charge in [0.1, 0.15) is 0 Å². The molecule has 26 heavy (non-hydrogen) atoms. The summed E-state index contributed by atoms with van der Waals surface area (Å²) in [7, 11) is 0. The van der Waals surface area contributed by atoms with E-state index in [0.29, 0.717) is 19.5 Å². The van der Waals surface area contributed by atoms with Crippen molar-refractivity contribution in [3.8, 4) is 0 Å². The Morgan fingerprint density at radius 2 is 1.08 bits per heavy atom. The lowest BCUT2D eigenvalue weighted by molar-refractivity contribution is -0.117. The maximum Gasteiger partial charge on any atom is 0.239 e. The Hall–Kier alpha value is -2.42. The highest BCUT2D eigenvalue weighted by molar-refractivity contribution is 6.64. The van der Waals surface area contributed by atoms with E-state index in [-0.39, 0.29) is 11.3 Å². The molecule has 1 atom stereocenters. The van der Waals surface area contributed by atoms with Crippen molar-refractivity contribution in [1.29, 1.82) is 0 Å². The van der Waals surface area contributed by atoms with Gasteiger partial charge in [0, 0.05) is 13.1 Å². The van der Waals surface area contributed by atoms with Gasteiger partial charge in [0.15, 0.2) is 0 Å². The summed E-state index contributed by atoms with van der Waals surface area (Å²) in [6.07, 6.45) is 0.600. The third-order valence-electron chi connectivity index (χ3n) is 4.43. The van der Waals surface area contributed by atoms with Crippen LogP contribution in [0.1, 0.15) is 16.7 Å². The molecule has 0 spiro atoms. The standard InChI is InChI=1S/C23H22ClNO/c24-23(26)22(16-19-10-4-1-5-11-19)25(17-20-12-6-2-7-13-20)18-21-14-8-3-9-15-21/h1-15,22H,16-18H2/t22-/m0/s1. The Kier molecular flexibility index (Phi) is 6.59. The molecular formula is C23H22ClNO. The fourth-order valence-corrected chi connectivity index (χ4v) is 3.32. The van der Waals surface area contributed by atoms with Crippen LogP contribution in [0, 0.1) is 0 Å². The third-order valence-corrected chi connectivity index (χ3v) is 4.68. The van der Waals surface area contributed by atoms with Crippen LogP contribution in [0.4, 0.5) is 0 Å². The smallest absolute Gasteiger partial charge is 0.239 e. The maximum atomic E-state index is 12.3. The van der Waals surface area contributed by atoms with Crippen LogP contribution in [-0.4, -0.2) is 16.2 Å². The first-order valence-corrected chi connectivity index (χ1v) is 9.15. The van der Waals surface area contributed by atoms with Gasteiger partial charge in [-0.05, 0) is 34.7 Å². The molecule has 0 bridgehead atoms. The van der Waals surface area contributed by atoms with Crippen LogP contribution in [0.25, 0.3) is 0 Å². The van der Waals surface area contributed by atoms with E-state index in [2.05, 4.69) is 29.2 Å². The van der Waals surface area contributed by atoms with E-state index in [1.807, 2.05) is 66.7 Å². The van der Waals surface area contributed by atoms with Crippen molar-refractivity contribution in [3.63, 3.8) is 0 Å². The number of hydrogen-bond acceptors (Lipinski definition) is 2. The first-order valence-electron chi connectivity index (χ1n) is 8.77. The van der Waals surface area contributed by atoms with Crippen molar-refractivity contribution >= 4 is 16.8 Å². The molecule has 0 aromatic heterocycles. The zero-order valence-corrected chi connectivity index (χ0v) is 15.3. The largest absolute Gasteiger partial charge is 0.284 e. The van der Waals surface area contributed by atoms with Crippen molar-refractivity contribution in [2.75, 3.05) is 0 Å². The Morgan fingerprint density at radius 1 is 0.692 bits per heavy atom. The molecule has 132 valence electrons. The van der Waals surface area contributed by atoms with Crippen molar-refractivity contribution in [1.82, 2.24) is 4.90 Å². The molecule has 0 aliphatic rings. The number of benzene rings is 3. The van der Waals surface area contributed by atoms with E-state index in [9.17, 15) is 4.79 Å². The number of carbonyl (C=O) groups is 1. The highest BCUT2D eigenvalue weighted by Gasteiger charge is 2.25. The van der Waals surface area contributed by atoms with Crippen LogP contribution in [0.3, 0.4) is 0 Å². The van der Waals surface area contributed by atoms with Crippen molar-refractivity contribution in [2.45, 2.75) is 25.6 Å². The minimum absolute atomic E-state index is 0.319. The molecule has 0 saturated carbocycles. The third kappa shape index (κ3) is 5.29. The van der Waals surface area contributed by atoms with Crippen LogP contribution in [0.5, 0.6) is 0 Å². The summed E-state index contributed by atoms with van der Waals surface area (Å²) in [6.45, 7) is 1.34. The molecule has 0 aliphatic carbocycles. The molecule has 0 radical (unpaired) electrons. The summed E-state index contributed by atoms with van der Waals surface area (Å²) in [5, 5.41) is -0.319. The second kappa shape index (κ2) is 9.33. The molecule has 0 heterocycles. The lowest BCUT2D eigenvalue weighted by atomic mass is 10.0. The second-order valence-electron chi connectivity index (χ2n) is 6.39. The summed E-state index contributed by atoms with van der Waals surface area (Å²) in [5.41, 5.74) is 3.44. The molecule has 0 unspecified atom stereocenters. The Balaban J connectivity index is 1.86. The second-order valence-corrected chi connectivity index (χ2v) is 6.76. The highest BCUT2D eigenvalue weighted by atomic mass is 35.5. The van der Waals surface area contributed by atoms with Crippen LogP contribution in [-0.2, 0) is 24.3 Å². The van der Waals surface area contributed by atoms with E-state index in [0.717, 1.165) is 5.56 Å². The van der Waals surface area contributed by atoms with Gasteiger partial charge in [-0.3, -0.25) is 9.69 Å². The fraction of sp³-hybridized carbons (Fsp3) is 0.174. The van der Waals surface area contributed by atoms with Gasteiger partial charge in [-0.1, -0.05) is 91.0 Å². The average Bonchev–Trinajstić information content (AvgIpc) is 2.68. The molecule has 0 amide bonds. The van der Waals surface area contributed by atoms with Crippen molar-refractivity contribution in [2.24, 2.45) is 0 Å². The number of halogens is 1. The quantitative estimate of drug-likeness (QED) is 0.521. The Bertz CT molecular complexity index is 764. The molecular weight excluding hydrogens is 342 g/mol. The number of carbonyl (C=O) groups excluding carboxylic acids is 1. The van der Waals surface area contributed by atoms with Gasteiger partial charge in [0.05, 0.1) is 6.04 Å². The van der Waals surface area contributed by atoms with Crippen LogP contribution in [0.2, 0.25) is 0 Å². The van der Waals surface area contributed by atoms with Gasteiger partial charge in [0.2, 0.25) is 5.24 Å². The van der Waals surface area contributed by atoms with E-state index < -0.39 is 0 Å². The number of nitrogens with zero attached hydrogens (tertiary/aromatic N) is 1. The Morgan fingerprint density at radius 3 is 1.46 bits per heavy atom. The van der Waals surface area contributed by atoms with Gasteiger partial charge in [-0.25, -0.2) is 0 Å². The molecule has 3 heteroatoms. The minimum atomic E-state index is -0.375. The summed E-state index contributed by atoms with van der Waals surface area (Å²) in [6, 6.07) is 30.1. The van der Waals surface area contributed by atoms with Gasteiger partial charge >= 0.3 is 0 Å². The van der Waals surface area contributed by atoms with Gasteiger partial charge in [-0.2, -0.15) is 0 Å². The normalized spacial score (nSPS) is 12.1. The van der Waals surface area contributed by atoms with E-state index in [1.165, 1.54) is 11.1 Å². The predicted octanol–water partition coefficient (Wildman–Crippen LogP) is 5.07. The molecule has 3 rings (SSSR count). The minimum Gasteiger partial charge on any atom is -0.284 e. The van der Waals surface area contributed by atoms with Crippen molar-refractivity contribution < 1.29 is 4.79 Å². The summed E-state index contributed by atoms with van der Waals surface area (Å²) >= 11 is 6.04. The summed E-state index contributed by atoms with van der Waals surface area (Å²) in [4.78, 5) is 14.5. The van der Waals surface area contributed by atoms with E-state index >= 15 is 0 Å². The summed E-state index contributed by atoms with van der Waals surface area (Å²) in [5.74, 6) is 0. The lowest BCUT2D eigenvalue weighted by Gasteiger charge is -2.29. The van der Waals surface area contributed by atoms with Gasteiger partial charge < -0.3 is 0 Å². The van der Waals surface area contributed by atoms with E-state index in [4.69, 9.17) is 11.6 Å². The molecule has 0 saturated heterocycles. The topological polar surface area (TPSA) is 20.3 Å². The average molecular weight is 364 g/mol. The molecule has 2 nitrogen and oxygen atoms in total. The van der Waals surface area contributed by atoms with E-state index in [1.54, 1.807) is 0 Å². The molecule has 0 aliphatic heterocycles. The van der Waals surface area contributed by atoms with Crippen LogP contribution < -0.4 is 0 Å².